The average molecular weight is 315 g/mol. The second kappa shape index (κ2) is 5.71. The van der Waals surface area contributed by atoms with E-state index < -0.39 is 0 Å². The molecule has 1 N–H and O–H groups in total. The highest BCUT2D eigenvalue weighted by Crippen LogP contribution is 2.30. The SMILES string of the molecule is CCNC(c1ccco1)c1cc(Br)ccc1Cl. The van der Waals surface area contributed by atoms with Crippen LogP contribution in [0, 0.1) is 0 Å². The van der Waals surface area contributed by atoms with Crippen LogP contribution in [0.1, 0.15) is 24.3 Å². The first kappa shape index (κ1) is 12.7. The van der Waals surface area contributed by atoms with Gasteiger partial charge in [-0.3, -0.25) is 0 Å². The van der Waals surface area contributed by atoms with E-state index in [1.54, 1.807) is 6.26 Å². The Balaban J connectivity index is 2.42. The van der Waals surface area contributed by atoms with Gasteiger partial charge < -0.3 is 9.73 Å². The van der Waals surface area contributed by atoms with Gasteiger partial charge in [0, 0.05) is 9.50 Å². The molecule has 1 unspecified atom stereocenters. The zero-order chi connectivity index (χ0) is 12.3. The Bertz CT molecular complexity index is 484. The number of benzene rings is 1. The molecule has 1 aromatic carbocycles. The minimum absolute atomic E-state index is 0.0139. The van der Waals surface area contributed by atoms with Crippen LogP contribution in [0.2, 0.25) is 5.02 Å². The minimum atomic E-state index is -0.0139. The summed E-state index contributed by atoms with van der Waals surface area (Å²) in [7, 11) is 0. The van der Waals surface area contributed by atoms with Crippen LogP contribution in [0.15, 0.2) is 45.5 Å². The lowest BCUT2D eigenvalue weighted by Gasteiger charge is -2.17. The van der Waals surface area contributed by atoms with Crippen LogP contribution in [0.5, 0.6) is 0 Å². The molecule has 2 rings (SSSR count). The molecule has 1 atom stereocenters. The van der Waals surface area contributed by atoms with Gasteiger partial charge in [-0.2, -0.15) is 0 Å². The normalized spacial score (nSPS) is 12.6. The van der Waals surface area contributed by atoms with Crippen LogP contribution < -0.4 is 5.32 Å². The molecule has 2 aromatic rings. The van der Waals surface area contributed by atoms with E-state index in [1.807, 2.05) is 30.3 Å². The van der Waals surface area contributed by atoms with Gasteiger partial charge in [0.2, 0.25) is 0 Å². The standard InChI is InChI=1S/C13H13BrClNO/c1-2-16-13(12-4-3-7-17-12)10-8-9(14)5-6-11(10)15/h3-8,13,16H,2H2,1H3. The third-order valence-corrected chi connectivity index (χ3v) is 3.34. The Morgan fingerprint density at radius 3 is 2.88 bits per heavy atom. The van der Waals surface area contributed by atoms with Crippen molar-refractivity contribution in [1.29, 1.82) is 0 Å². The lowest BCUT2D eigenvalue weighted by molar-refractivity contribution is 0.452. The van der Waals surface area contributed by atoms with E-state index in [0.717, 1.165) is 27.4 Å². The molecule has 0 aliphatic carbocycles. The molecule has 4 heteroatoms. The molecule has 1 aromatic heterocycles. The van der Waals surface area contributed by atoms with Gasteiger partial charge in [-0.15, -0.1) is 0 Å². The molecule has 0 amide bonds. The third kappa shape index (κ3) is 2.92. The minimum Gasteiger partial charge on any atom is -0.467 e. The Kier molecular flexibility index (Phi) is 4.26. The molecule has 17 heavy (non-hydrogen) atoms. The zero-order valence-electron chi connectivity index (χ0n) is 9.41. The smallest absolute Gasteiger partial charge is 0.125 e. The molecule has 1 heterocycles. The van der Waals surface area contributed by atoms with Crippen molar-refractivity contribution in [3.63, 3.8) is 0 Å². The molecule has 0 spiro atoms. The second-order valence-corrected chi connectivity index (χ2v) is 4.99. The van der Waals surface area contributed by atoms with Crippen molar-refractivity contribution in [3.05, 3.63) is 57.4 Å². The number of nitrogens with one attached hydrogen (secondary N) is 1. The van der Waals surface area contributed by atoms with Gasteiger partial charge in [0.1, 0.15) is 5.76 Å². The number of hydrogen-bond donors (Lipinski definition) is 1. The summed E-state index contributed by atoms with van der Waals surface area (Å²) < 4.78 is 6.47. The van der Waals surface area contributed by atoms with Crippen molar-refractivity contribution in [1.82, 2.24) is 5.32 Å². The van der Waals surface area contributed by atoms with Gasteiger partial charge >= 0.3 is 0 Å². The summed E-state index contributed by atoms with van der Waals surface area (Å²) in [6.45, 7) is 2.90. The first-order chi connectivity index (χ1) is 8.22. The summed E-state index contributed by atoms with van der Waals surface area (Å²) in [5, 5.41) is 4.10. The molecule has 0 aliphatic rings. The van der Waals surface area contributed by atoms with E-state index in [0.29, 0.717) is 0 Å². The largest absolute Gasteiger partial charge is 0.467 e. The molecule has 0 fully saturated rings. The Morgan fingerprint density at radius 1 is 1.41 bits per heavy atom. The van der Waals surface area contributed by atoms with E-state index in [2.05, 4.69) is 28.2 Å². The monoisotopic (exact) mass is 313 g/mol. The van der Waals surface area contributed by atoms with Crippen LogP contribution in [0.25, 0.3) is 0 Å². The molecule has 0 saturated carbocycles. The first-order valence-corrected chi connectivity index (χ1v) is 6.61. The molecule has 0 aliphatic heterocycles. The van der Waals surface area contributed by atoms with Gasteiger partial charge in [-0.1, -0.05) is 34.5 Å². The van der Waals surface area contributed by atoms with Crippen LogP contribution >= 0.6 is 27.5 Å². The Labute approximate surface area is 114 Å². The molecular weight excluding hydrogens is 302 g/mol. The van der Waals surface area contributed by atoms with Crippen molar-refractivity contribution in [3.8, 4) is 0 Å². The lowest BCUT2D eigenvalue weighted by atomic mass is 10.0. The van der Waals surface area contributed by atoms with E-state index in [4.69, 9.17) is 16.0 Å². The second-order valence-electron chi connectivity index (χ2n) is 3.67. The maximum atomic E-state index is 6.24. The van der Waals surface area contributed by atoms with Gasteiger partial charge in [-0.05, 0) is 42.4 Å². The highest BCUT2D eigenvalue weighted by Gasteiger charge is 2.18. The number of rotatable bonds is 4. The molecule has 0 bridgehead atoms. The van der Waals surface area contributed by atoms with Gasteiger partial charge in [-0.25, -0.2) is 0 Å². The lowest BCUT2D eigenvalue weighted by Crippen LogP contribution is -2.21. The summed E-state index contributed by atoms with van der Waals surface area (Å²) in [5.41, 5.74) is 1.01. The predicted molar refractivity (Wildman–Crippen MR) is 73.4 cm³/mol. The maximum absolute atomic E-state index is 6.24. The van der Waals surface area contributed by atoms with E-state index >= 15 is 0 Å². The Morgan fingerprint density at radius 2 is 2.24 bits per heavy atom. The van der Waals surface area contributed by atoms with Gasteiger partial charge in [0.05, 0.1) is 12.3 Å². The Hall–Kier alpha value is -0.770. The maximum Gasteiger partial charge on any atom is 0.125 e. The summed E-state index contributed by atoms with van der Waals surface area (Å²) in [4.78, 5) is 0. The summed E-state index contributed by atoms with van der Waals surface area (Å²) in [6.07, 6.45) is 1.67. The third-order valence-electron chi connectivity index (χ3n) is 2.50. The number of furan rings is 1. The molecular formula is C13H13BrClNO. The van der Waals surface area contributed by atoms with Crippen LogP contribution in [-0.4, -0.2) is 6.54 Å². The van der Waals surface area contributed by atoms with E-state index in [1.165, 1.54) is 0 Å². The molecule has 2 nitrogen and oxygen atoms in total. The van der Waals surface area contributed by atoms with Crippen molar-refractivity contribution < 1.29 is 4.42 Å². The average Bonchev–Trinajstić information content (AvgIpc) is 2.83. The molecule has 90 valence electrons. The van der Waals surface area contributed by atoms with Crippen LogP contribution in [-0.2, 0) is 0 Å². The highest BCUT2D eigenvalue weighted by atomic mass is 79.9. The first-order valence-electron chi connectivity index (χ1n) is 5.44. The topological polar surface area (TPSA) is 25.2 Å². The summed E-state index contributed by atoms with van der Waals surface area (Å²) >= 11 is 9.70. The fraction of sp³-hybridized carbons (Fsp3) is 0.231. The van der Waals surface area contributed by atoms with E-state index in [-0.39, 0.29) is 6.04 Å². The van der Waals surface area contributed by atoms with Crippen LogP contribution in [0.4, 0.5) is 0 Å². The van der Waals surface area contributed by atoms with Crippen molar-refractivity contribution in [2.45, 2.75) is 13.0 Å². The van der Waals surface area contributed by atoms with Crippen molar-refractivity contribution in [2.75, 3.05) is 6.54 Å². The van der Waals surface area contributed by atoms with Gasteiger partial charge in [0.15, 0.2) is 0 Å². The summed E-state index contributed by atoms with van der Waals surface area (Å²) in [6, 6.07) is 9.64. The van der Waals surface area contributed by atoms with Crippen molar-refractivity contribution >= 4 is 27.5 Å². The van der Waals surface area contributed by atoms with Crippen LogP contribution in [0.3, 0.4) is 0 Å². The predicted octanol–water partition coefficient (Wildman–Crippen LogP) is 4.39. The highest BCUT2D eigenvalue weighted by molar-refractivity contribution is 9.10. The zero-order valence-corrected chi connectivity index (χ0v) is 11.8. The number of halogens is 2. The van der Waals surface area contributed by atoms with Gasteiger partial charge in [0.25, 0.3) is 0 Å². The molecule has 0 saturated heterocycles. The van der Waals surface area contributed by atoms with E-state index in [9.17, 15) is 0 Å². The summed E-state index contributed by atoms with van der Waals surface area (Å²) in [5.74, 6) is 0.867. The van der Waals surface area contributed by atoms with Crippen molar-refractivity contribution in [2.24, 2.45) is 0 Å². The quantitative estimate of drug-likeness (QED) is 0.905. The number of hydrogen-bond acceptors (Lipinski definition) is 2. The molecule has 0 radical (unpaired) electrons. The fourth-order valence-electron chi connectivity index (χ4n) is 1.76. The fourth-order valence-corrected chi connectivity index (χ4v) is 2.36.